The summed E-state index contributed by atoms with van der Waals surface area (Å²) in [6, 6.07) is 5.35. The minimum atomic E-state index is -4.46. The van der Waals surface area contributed by atoms with Gasteiger partial charge in [0.1, 0.15) is 0 Å². The van der Waals surface area contributed by atoms with Crippen LogP contribution < -0.4 is 5.32 Å². The van der Waals surface area contributed by atoms with E-state index < -0.39 is 11.7 Å². The number of halogens is 3. The third-order valence-electron chi connectivity index (χ3n) is 2.60. The molecule has 0 spiro atoms. The third kappa shape index (κ3) is 3.36. The van der Waals surface area contributed by atoms with Gasteiger partial charge in [-0.1, -0.05) is 31.1 Å². The van der Waals surface area contributed by atoms with Gasteiger partial charge in [0.25, 0.3) is 5.89 Å². The maximum Gasteiger partial charge on any atom is 0.417 e. The van der Waals surface area contributed by atoms with Gasteiger partial charge in [-0.05, 0) is 12.1 Å². The van der Waals surface area contributed by atoms with Crippen LogP contribution in [0.15, 0.2) is 28.8 Å². The maximum absolute atomic E-state index is 12.9. The average Bonchev–Trinajstić information content (AvgIpc) is 2.84. The molecule has 0 bridgehead atoms. The molecule has 0 fully saturated rings. The minimum Gasteiger partial charge on any atom is -0.334 e. The third-order valence-corrected chi connectivity index (χ3v) is 2.60. The molecule has 108 valence electrons. The first kappa shape index (κ1) is 14.5. The number of alkyl halides is 3. The van der Waals surface area contributed by atoms with Crippen LogP contribution in [0, 0.1) is 0 Å². The second-order valence-electron chi connectivity index (χ2n) is 4.59. The lowest BCUT2D eigenvalue weighted by molar-refractivity contribution is -0.137. The van der Waals surface area contributed by atoms with E-state index in [9.17, 15) is 13.2 Å². The van der Waals surface area contributed by atoms with Gasteiger partial charge in [-0.25, -0.2) is 0 Å². The number of nitrogens with zero attached hydrogens (tertiary/aromatic N) is 2. The molecule has 4 nitrogen and oxygen atoms in total. The Morgan fingerprint density at radius 3 is 2.60 bits per heavy atom. The summed E-state index contributed by atoms with van der Waals surface area (Å²) in [5.41, 5.74) is -0.893. The van der Waals surface area contributed by atoms with Gasteiger partial charge in [0.2, 0.25) is 0 Å². The Balaban J connectivity index is 2.29. The highest BCUT2D eigenvalue weighted by Crippen LogP contribution is 2.36. The molecule has 7 heteroatoms. The zero-order valence-corrected chi connectivity index (χ0v) is 11.0. The molecule has 20 heavy (non-hydrogen) atoms. The molecule has 0 unspecified atom stereocenters. The molecule has 0 aliphatic heterocycles. The van der Waals surface area contributed by atoms with E-state index in [1.165, 1.54) is 18.2 Å². The molecule has 1 N–H and O–H groups in total. The largest absolute Gasteiger partial charge is 0.417 e. The van der Waals surface area contributed by atoms with Crippen LogP contribution in [-0.2, 0) is 12.7 Å². The van der Waals surface area contributed by atoms with Gasteiger partial charge in [0.05, 0.1) is 17.7 Å². The van der Waals surface area contributed by atoms with Crippen molar-refractivity contribution in [1.29, 1.82) is 0 Å². The predicted molar refractivity (Wildman–Crippen MR) is 66.7 cm³/mol. The SMILES string of the molecule is CC(C)NCc1noc(-c2ccccc2C(F)(F)F)n1. The van der Waals surface area contributed by atoms with Crippen molar-refractivity contribution in [3.63, 3.8) is 0 Å². The van der Waals surface area contributed by atoms with E-state index in [0.717, 1.165) is 6.07 Å². The first-order chi connectivity index (χ1) is 9.38. The minimum absolute atomic E-state index is 0.108. The van der Waals surface area contributed by atoms with Crippen molar-refractivity contribution in [2.75, 3.05) is 0 Å². The normalized spacial score (nSPS) is 12.1. The molecule has 1 aromatic heterocycles. The van der Waals surface area contributed by atoms with E-state index in [-0.39, 0.29) is 17.5 Å². The summed E-state index contributed by atoms with van der Waals surface area (Å²) in [7, 11) is 0. The smallest absolute Gasteiger partial charge is 0.334 e. The molecule has 0 radical (unpaired) electrons. The van der Waals surface area contributed by atoms with Crippen LogP contribution in [0.2, 0.25) is 0 Å². The molecular formula is C13H14F3N3O. The maximum atomic E-state index is 12.9. The van der Waals surface area contributed by atoms with Crippen molar-refractivity contribution < 1.29 is 17.7 Å². The van der Waals surface area contributed by atoms with Crippen molar-refractivity contribution in [2.45, 2.75) is 32.6 Å². The van der Waals surface area contributed by atoms with Crippen molar-refractivity contribution in [2.24, 2.45) is 0 Å². The van der Waals surface area contributed by atoms with Crippen molar-refractivity contribution in [3.05, 3.63) is 35.7 Å². The summed E-state index contributed by atoms with van der Waals surface area (Å²) < 4.78 is 43.6. The van der Waals surface area contributed by atoms with E-state index in [1.54, 1.807) is 0 Å². The average molecular weight is 285 g/mol. The summed E-state index contributed by atoms with van der Waals surface area (Å²) in [5, 5.41) is 6.74. The fourth-order valence-electron chi connectivity index (χ4n) is 1.65. The summed E-state index contributed by atoms with van der Waals surface area (Å²) in [6.07, 6.45) is -4.46. The van der Waals surface area contributed by atoms with E-state index in [4.69, 9.17) is 4.52 Å². The van der Waals surface area contributed by atoms with E-state index in [2.05, 4.69) is 15.5 Å². The molecule has 0 saturated heterocycles. The lowest BCUT2D eigenvalue weighted by atomic mass is 10.1. The Morgan fingerprint density at radius 2 is 1.95 bits per heavy atom. The summed E-state index contributed by atoms with van der Waals surface area (Å²) in [6.45, 7) is 4.23. The van der Waals surface area contributed by atoms with Gasteiger partial charge < -0.3 is 9.84 Å². The Bertz CT molecular complexity index is 578. The molecule has 2 rings (SSSR count). The summed E-state index contributed by atoms with van der Waals surface area (Å²) in [5.74, 6) is 0.198. The van der Waals surface area contributed by atoms with Crippen LogP contribution in [0.5, 0.6) is 0 Å². The highest BCUT2D eigenvalue weighted by Gasteiger charge is 2.34. The van der Waals surface area contributed by atoms with Gasteiger partial charge in [0.15, 0.2) is 5.82 Å². The van der Waals surface area contributed by atoms with E-state index in [1.807, 2.05) is 13.8 Å². The quantitative estimate of drug-likeness (QED) is 0.936. The number of rotatable bonds is 4. The molecule has 0 amide bonds. The number of nitrogens with one attached hydrogen (secondary N) is 1. The highest BCUT2D eigenvalue weighted by molar-refractivity contribution is 5.59. The van der Waals surface area contributed by atoms with E-state index in [0.29, 0.717) is 12.4 Å². The van der Waals surface area contributed by atoms with Crippen molar-refractivity contribution in [1.82, 2.24) is 15.5 Å². The molecule has 0 aliphatic rings. The zero-order valence-electron chi connectivity index (χ0n) is 11.0. The Morgan fingerprint density at radius 1 is 1.25 bits per heavy atom. The molecule has 0 saturated carbocycles. The number of aromatic nitrogens is 2. The second-order valence-corrected chi connectivity index (χ2v) is 4.59. The number of benzene rings is 1. The first-order valence-corrected chi connectivity index (χ1v) is 6.10. The van der Waals surface area contributed by atoms with E-state index >= 15 is 0 Å². The predicted octanol–water partition coefficient (Wildman–Crippen LogP) is 3.25. The van der Waals surface area contributed by atoms with Crippen LogP contribution in [0.4, 0.5) is 13.2 Å². The van der Waals surface area contributed by atoms with Gasteiger partial charge in [-0.15, -0.1) is 0 Å². The topological polar surface area (TPSA) is 51.0 Å². The van der Waals surface area contributed by atoms with Gasteiger partial charge in [-0.2, -0.15) is 18.2 Å². The van der Waals surface area contributed by atoms with Gasteiger partial charge in [0, 0.05) is 6.04 Å². The molecule has 0 atom stereocenters. The van der Waals surface area contributed by atoms with Crippen LogP contribution in [0.1, 0.15) is 25.2 Å². The zero-order chi connectivity index (χ0) is 14.8. The summed E-state index contributed by atoms with van der Waals surface area (Å²) >= 11 is 0. The molecular weight excluding hydrogens is 271 g/mol. The van der Waals surface area contributed by atoms with Crippen LogP contribution >= 0.6 is 0 Å². The molecule has 1 heterocycles. The standard InChI is InChI=1S/C13H14F3N3O/c1-8(2)17-7-11-18-12(20-19-11)9-5-3-4-6-10(9)13(14,15)16/h3-6,8,17H,7H2,1-2H3. The van der Waals surface area contributed by atoms with Crippen molar-refractivity contribution in [3.8, 4) is 11.5 Å². The molecule has 2 aromatic rings. The van der Waals surface area contributed by atoms with Crippen LogP contribution in [0.25, 0.3) is 11.5 Å². The van der Waals surface area contributed by atoms with Crippen LogP contribution in [-0.4, -0.2) is 16.2 Å². The highest BCUT2D eigenvalue weighted by atomic mass is 19.4. The fraction of sp³-hybridized carbons (Fsp3) is 0.385. The fourth-order valence-corrected chi connectivity index (χ4v) is 1.65. The van der Waals surface area contributed by atoms with Crippen LogP contribution in [0.3, 0.4) is 0 Å². The number of hydrogen-bond donors (Lipinski definition) is 1. The molecule has 1 aromatic carbocycles. The Hall–Kier alpha value is -1.89. The van der Waals surface area contributed by atoms with Gasteiger partial charge >= 0.3 is 6.18 Å². The van der Waals surface area contributed by atoms with Crippen molar-refractivity contribution >= 4 is 0 Å². The van der Waals surface area contributed by atoms with Gasteiger partial charge in [-0.3, -0.25) is 0 Å². The Kier molecular flexibility index (Phi) is 4.08. The Labute approximate surface area is 114 Å². The first-order valence-electron chi connectivity index (χ1n) is 6.10. The number of hydrogen-bond acceptors (Lipinski definition) is 4. The summed E-state index contributed by atoms with van der Waals surface area (Å²) in [4.78, 5) is 3.99. The molecule has 0 aliphatic carbocycles. The second kappa shape index (κ2) is 5.62. The lowest BCUT2D eigenvalue weighted by Crippen LogP contribution is -2.22. The lowest BCUT2D eigenvalue weighted by Gasteiger charge is -2.09. The monoisotopic (exact) mass is 285 g/mol.